The molecule has 0 amide bonds. The van der Waals surface area contributed by atoms with Gasteiger partial charge in [-0.2, -0.15) is 5.26 Å². The van der Waals surface area contributed by atoms with E-state index in [0.717, 1.165) is 0 Å². The topological polar surface area (TPSA) is 108 Å². The largest absolute Gasteiger partial charge is 0.480 e. The molecule has 2 N–H and O–H groups in total. The van der Waals surface area contributed by atoms with Crippen LogP contribution in [0, 0.1) is 11.3 Å². The van der Waals surface area contributed by atoms with Crippen molar-refractivity contribution < 1.29 is 24.5 Å². The summed E-state index contributed by atoms with van der Waals surface area (Å²) in [4.78, 5) is 21.5. The lowest BCUT2D eigenvalue weighted by Gasteiger charge is -2.10. The summed E-state index contributed by atoms with van der Waals surface area (Å²) in [6.45, 7) is -0.480. The van der Waals surface area contributed by atoms with Crippen LogP contribution in [0.15, 0.2) is 45.3 Å². The zero-order valence-electron chi connectivity index (χ0n) is 13.1. The zero-order valence-corrected chi connectivity index (χ0v) is 16.2. The van der Waals surface area contributed by atoms with E-state index in [0.29, 0.717) is 31.4 Å². The highest BCUT2D eigenvalue weighted by molar-refractivity contribution is 9.11. The third-order valence-electron chi connectivity index (χ3n) is 3.23. The standard InChI is InChI=1S/C18H11Br2NO5/c19-14-6-10(7-15(20)17(14)26-9-16(22)23)5-13(8-21)11-1-3-12(4-2-11)18(24)25/h1-7H,9H2,(H,22,23)(H,24,25)/b13-5-. The highest BCUT2D eigenvalue weighted by atomic mass is 79.9. The molecule has 0 aliphatic rings. The van der Waals surface area contributed by atoms with Gasteiger partial charge in [0.2, 0.25) is 0 Å². The van der Waals surface area contributed by atoms with Crippen LogP contribution in [0.2, 0.25) is 0 Å². The van der Waals surface area contributed by atoms with Gasteiger partial charge < -0.3 is 14.9 Å². The van der Waals surface area contributed by atoms with Crippen molar-refractivity contribution in [3.8, 4) is 11.8 Å². The number of ether oxygens (including phenoxy) is 1. The van der Waals surface area contributed by atoms with E-state index in [-0.39, 0.29) is 5.56 Å². The molecule has 2 aromatic rings. The Morgan fingerprint density at radius 3 is 2.08 bits per heavy atom. The number of aliphatic carboxylic acids is 1. The van der Waals surface area contributed by atoms with Gasteiger partial charge in [-0.3, -0.25) is 0 Å². The molecule has 2 rings (SSSR count). The van der Waals surface area contributed by atoms with Crippen LogP contribution in [0.4, 0.5) is 0 Å². The number of halogens is 2. The maximum Gasteiger partial charge on any atom is 0.341 e. The van der Waals surface area contributed by atoms with Gasteiger partial charge in [0.1, 0.15) is 5.75 Å². The van der Waals surface area contributed by atoms with E-state index in [1.165, 1.54) is 12.1 Å². The normalized spacial score (nSPS) is 10.9. The summed E-state index contributed by atoms with van der Waals surface area (Å²) in [6, 6.07) is 11.4. The number of rotatable bonds is 6. The Kier molecular flexibility index (Phi) is 6.55. The summed E-state index contributed by atoms with van der Waals surface area (Å²) >= 11 is 6.63. The van der Waals surface area contributed by atoms with Gasteiger partial charge in [-0.25, -0.2) is 9.59 Å². The average Bonchev–Trinajstić information content (AvgIpc) is 2.58. The number of benzene rings is 2. The van der Waals surface area contributed by atoms with Crippen molar-refractivity contribution in [3.63, 3.8) is 0 Å². The minimum Gasteiger partial charge on any atom is -0.480 e. The molecule has 0 saturated carbocycles. The van der Waals surface area contributed by atoms with Crippen molar-refractivity contribution in [3.05, 3.63) is 62.0 Å². The van der Waals surface area contributed by atoms with Crippen LogP contribution in [-0.4, -0.2) is 28.8 Å². The lowest BCUT2D eigenvalue weighted by molar-refractivity contribution is -0.139. The fourth-order valence-corrected chi connectivity index (χ4v) is 3.52. The van der Waals surface area contributed by atoms with E-state index in [4.69, 9.17) is 14.9 Å². The van der Waals surface area contributed by atoms with Crippen LogP contribution in [0.1, 0.15) is 21.5 Å². The molecule has 0 radical (unpaired) electrons. The first-order valence-electron chi connectivity index (χ1n) is 7.11. The first-order chi connectivity index (χ1) is 12.3. The Bertz CT molecular complexity index is 907. The number of hydrogen-bond acceptors (Lipinski definition) is 4. The summed E-state index contributed by atoms with van der Waals surface area (Å²) in [5.74, 6) is -1.79. The van der Waals surface area contributed by atoms with Crippen molar-refractivity contribution in [2.24, 2.45) is 0 Å². The molecule has 0 atom stereocenters. The quantitative estimate of drug-likeness (QED) is 0.467. The fraction of sp³-hybridized carbons (Fsp3) is 0.0556. The maximum atomic E-state index is 10.9. The highest BCUT2D eigenvalue weighted by Gasteiger charge is 2.11. The maximum absolute atomic E-state index is 10.9. The monoisotopic (exact) mass is 479 g/mol. The van der Waals surface area contributed by atoms with Crippen LogP contribution in [0.5, 0.6) is 5.75 Å². The van der Waals surface area contributed by atoms with Crippen LogP contribution >= 0.6 is 31.9 Å². The molecule has 0 fully saturated rings. The number of carboxylic acid groups (broad SMARTS) is 2. The van der Waals surface area contributed by atoms with Crippen molar-refractivity contribution in [2.45, 2.75) is 0 Å². The van der Waals surface area contributed by atoms with E-state index in [2.05, 4.69) is 37.9 Å². The minimum absolute atomic E-state index is 0.136. The van der Waals surface area contributed by atoms with E-state index in [9.17, 15) is 14.9 Å². The summed E-state index contributed by atoms with van der Waals surface area (Å²) in [6.07, 6.45) is 1.63. The molecule has 132 valence electrons. The van der Waals surface area contributed by atoms with Gasteiger partial charge in [0.25, 0.3) is 0 Å². The number of aromatic carboxylic acids is 1. The Hall–Kier alpha value is -2.63. The molecule has 0 unspecified atom stereocenters. The van der Waals surface area contributed by atoms with Gasteiger partial charge in [-0.15, -0.1) is 0 Å². The first-order valence-corrected chi connectivity index (χ1v) is 8.69. The Morgan fingerprint density at radius 1 is 1.08 bits per heavy atom. The number of nitriles is 1. The second-order valence-electron chi connectivity index (χ2n) is 5.05. The molecular weight excluding hydrogens is 470 g/mol. The second kappa shape index (κ2) is 8.65. The fourth-order valence-electron chi connectivity index (χ4n) is 2.07. The lowest BCUT2D eigenvalue weighted by Crippen LogP contribution is -2.10. The molecule has 6 nitrogen and oxygen atoms in total. The molecule has 0 aliphatic heterocycles. The van der Waals surface area contributed by atoms with E-state index in [1.807, 2.05) is 0 Å². The minimum atomic E-state index is -1.09. The smallest absolute Gasteiger partial charge is 0.341 e. The molecule has 8 heteroatoms. The molecule has 0 spiro atoms. The number of hydrogen-bond donors (Lipinski definition) is 2. The van der Waals surface area contributed by atoms with E-state index >= 15 is 0 Å². The molecule has 26 heavy (non-hydrogen) atoms. The third kappa shape index (κ3) is 4.94. The summed E-state index contributed by atoms with van der Waals surface area (Å²) < 4.78 is 6.25. The molecular formula is C18H11Br2NO5. The zero-order chi connectivity index (χ0) is 19.3. The van der Waals surface area contributed by atoms with Crippen molar-refractivity contribution in [1.29, 1.82) is 5.26 Å². The highest BCUT2D eigenvalue weighted by Crippen LogP contribution is 2.35. The number of carboxylic acids is 2. The van der Waals surface area contributed by atoms with Crippen molar-refractivity contribution in [2.75, 3.05) is 6.61 Å². The lowest BCUT2D eigenvalue weighted by atomic mass is 10.0. The van der Waals surface area contributed by atoms with Gasteiger partial charge in [0.15, 0.2) is 6.61 Å². The number of carbonyl (C=O) groups is 2. The predicted octanol–water partition coefficient (Wildman–Crippen LogP) is 4.44. The van der Waals surface area contributed by atoms with Crippen LogP contribution in [-0.2, 0) is 4.79 Å². The molecule has 0 bridgehead atoms. The molecule has 0 aromatic heterocycles. The third-order valence-corrected chi connectivity index (χ3v) is 4.41. The van der Waals surface area contributed by atoms with Crippen molar-refractivity contribution >= 4 is 55.4 Å². The molecule has 0 aliphatic carbocycles. The summed E-state index contributed by atoms with van der Waals surface area (Å²) in [5, 5.41) is 27.0. The molecule has 2 aromatic carbocycles. The van der Waals surface area contributed by atoms with Gasteiger partial charge in [0, 0.05) is 0 Å². The van der Waals surface area contributed by atoms with Gasteiger partial charge >= 0.3 is 11.9 Å². The predicted molar refractivity (Wildman–Crippen MR) is 102 cm³/mol. The Balaban J connectivity index is 2.35. The summed E-state index contributed by atoms with van der Waals surface area (Å²) in [7, 11) is 0. The van der Waals surface area contributed by atoms with Crippen LogP contribution in [0.3, 0.4) is 0 Å². The SMILES string of the molecule is N#C/C(=C/c1cc(Br)c(OCC(=O)O)c(Br)c1)c1ccc(C(=O)O)cc1. The van der Waals surface area contributed by atoms with Gasteiger partial charge in [-0.1, -0.05) is 12.1 Å². The van der Waals surface area contributed by atoms with Crippen molar-refractivity contribution in [1.82, 2.24) is 0 Å². The summed E-state index contributed by atoms with van der Waals surface area (Å²) in [5.41, 5.74) is 1.73. The Morgan fingerprint density at radius 2 is 1.62 bits per heavy atom. The van der Waals surface area contributed by atoms with Crippen LogP contribution < -0.4 is 4.74 Å². The number of allylic oxidation sites excluding steroid dienone is 1. The first kappa shape index (κ1) is 19.7. The second-order valence-corrected chi connectivity index (χ2v) is 6.76. The van der Waals surface area contributed by atoms with Gasteiger partial charge in [-0.05, 0) is 73.3 Å². The van der Waals surface area contributed by atoms with Gasteiger partial charge in [0.05, 0.1) is 26.2 Å². The van der Waals surface area contributed by atoms with E-state index in [1.54, 1.807) is 30.3 Å². The molecule has 0 saturated heterocycles. The molecule has 0 heterocycles. The average molecular weight is 481 g/mol. The number of nitrogens with zero attached hydrogens (tertiary/aromatic N) is 1. The Labute approximate surface area is 165 Å². The van der Waals surface area contributed by atoms with Crippen LogP contribution in [0.25, 0.3) is 11.6 Å². The van der Waals surface area contributed by atoms with E-state index < -0.39 is 18.5 Å².